The van der Waals surface area contributed by atoms with Gasteiger partial charge in [-0.2, -0.15) is 5.01 Å². The van der Waals surface area contributed by atoms with Crippen LogP contribution in [0.4, 0.5) is 4.79 Å². The normalized spacial score (nSPS) is 21.6. The summed E-state index contributed by atoms with van der Waals surface area (Å²) >= 11 is 1.10. The van der Waals surface area contributed by atoms with E-state index >= 15 is 0 Å². The molecule has 11 heteroatoms. The minimum Gasteiger partial charge on any atom is -0.322 e. The Labute approximate surface area is 124 Å². The van der Waals surface area contributed by atoms with Crippen molar-refractivity contribution in [3.05, 3.63) is 0 Å². The molecular weight excluding hydrogens is 298 g/mol. The van der Waals surface area contributed by atoms with Crippen molar-refractivity contribution < 1.29 is 14.4 Å². The Balaban J connectivity index is 1.92. The number of nitrogens with one attached hydrogen (secondary N) is 2. The maximum atomic E-state index is 12.1. The number of tetrazole rings is 1. The first kappa shape index (κ1) is 15.2. The summed E-state index contributed by atoms with van der Waals surface area (Å²) < 4.78 is 1.42. The molecule has 1 saturated heterocycles. The lowest BCUT2D eigenvalue weighted by Gasteiger charge is -2.19. The number of carbonyl (C=O) groups is 3. The van der Waals surface area contributed by atoms with Gasteiger partial charge >= 0.3 is 6.03 Å². The van der Waals surface area contributed by atoms with Crippen LogP contribution >= 0.6 is 11.8 Å². The van der Waals surface area contributed by atoms with Crippen LogP contribution in [0.2, 0.25) is 0 Å². The molecule has 10 nitrogen and oxygen atoms in total. The highest BCUT2D eigenvalue weighted by atomic mass is 32.2. The number of aromatic nitrogens is 4. The van der Waals surface area contributed by atoms with E-state index in [1.54, 1.807) is 20.9 Å². The Morgan fingerprint density at radius 3 is 2.71 bits per heavy atom. The van der Waals surface area contributed by atoms with Gasteiger partial charge in [0.2, 0.25) is 11.1 Å². The molecule has 0 bridgehead atoms. The third-order valence-corrected chi connectivity index (χ3v) is 4.13. The smallest absolute Gasteiger partial charge is 0.322 e. The van der Waals surface area contributed by atoms with E-state index < -0.39 is 23.4 Å². The first-order chi connectivity index (χ1) is 9.87. The number of carbonyl (C=O) groups excluding carboxylic acids is 3. The van der Waals surface area contributed by atoms with Crippen molar-refractivity contribution in [1.82, 2.24) is 36.0 Å². The predicted molar refractivity (Wildman–Crippen MR) is 71.7 cm³/mol. The van der Waals surface area contributed by atoms with E-state index in [0.29, 0.717) is 16.6 Å². The highest BCUT2D eigenvalue weighted by Crippen LogP contribution is 2.19. The SMILES string of the molecule is CCC1(C)NC(=O)N(NC(=O)CSc2nnnn2C)C1=O. The van der Waals surface area contributed by atoms with E-state index in [2.05, 4.69) is 26.3 Å². The minimum absolute atomic E-state index is 0.0197. The van der Waals surface area contributed by atoms with Gasteiger partial charge in [-0.05, 0) is 23.8 Å². The average molecular weight is 313 g/mol. The molecule has 0 spiro atoms. The van der Waals surface area contributed by atoms with E-state index in [0.717, 1.165) is 11.8 Å². The molecule has 0 saturated carbocycles. The largest absolute Gasteiger partial charge is 0.344 e. The Morgan fingerprint density at radius 2 is 2.19 bits per heavy atom. The number of urea groups is 1. The monoisotopic (exact) mass is 313 g/mol. The van der Waals surface area contributed by atoms with E-state index in [4.69, 9.17) is 0 Å². The number of hydrazine groups is 1. The maximum absolute atomic E-state index is 12.1. The summed E-state index contributed by atoms with van der Waals surface area (Å²) in [6.45, 7) is 3.39. The molecule has 2 rings (SSSR count). The molecular formula is C10H15N7O3S. The zero-order chi connectivity index (χ0) is 15.6. The van der Waals surface area contributed by atoms with Gasteiger partial charge in [0.15, 0.2) is 0 Å². The van der Waals surface area contributed by atoms with Crippen LogP contribution in [0.25, 0.3) is 0 Å². The number of rotatable bonds is 5. The molecule has 1 aromatic heterocycles. The van der Waals surface area contributed by atoms with Gasteiger partial charge < -0.3 is 5.32 Å². The van der Waals surface area contributed by atoms with Crippen molar-refractivity contribution in [2.45, 2.75) is 31.0 Å². The summed E-state index contributed by atoms with van der Waals surface area (Å²) in [5.41, 5.74) is 1.30. The Kier molecular flexibility index (Phi) is 4.11. The fourth-order valence-corrected chi connectivity index (χ4v) is 2.30. The second-order valence-electron chi connectivity index (χ2n) is 4.67. The Bertz CT molecular complexity index is 589. The van der Waals surface area contributed by atoms with Crippen LogP contribution in [0.1, 0.15) is 20.3 Å². The van der Waals surface area contributed by atoms with Crippen LogP contribution < -0.4 is 10.7 Å². The number of hydrogen-bond acceptors (Lipinski definition) is 7. The number of amides is 4. The van der Waals surface area contributed by atoms with Crippen LogP contribution in [0, 0.1) is 0 Å². The molecule has 2 heterocycles. The van der Waals surface area contributed by atoms with Crippen LogP contribution in [0.15, 0.2) is 5.16 Å². The highest BCUT2D eigenvalue weighted by Gasteiger charge is 2.47. The van der Waals surface area contributed by atoms with Gasteiger partial charge in [-0.15, -0.1) is 5.10 Å². The molecule has 1 aliphatic heterocycles. The van der Waals surface area contributed by atoms with Gasteiger partial charge in [0, 0.05) is 7.05 Å². The number of aryl methyl sites for hydroxylation is 1. The van der Waals surface area contributed by atoms with Crippen molar-refractivity contribution in [2.75, 3.05) is 5.75 Å². The van der Waals surface area contributed by atoms with E-state index in [1.807, 2.05) is 0 Å². The molecule has 114 valence electrons. The van der Waals surface area contributed by atoms with Crippen molar-refractivity contribution in [3.63, 3.8) is 0 Å². The zero-order valence-electron chi connectivity index (χ0n) is 11.8. The average Bonchev–Trinajstić information content (AvgIpc) is 2.94. The molecule has 2 N–H and O–H groups in total. The second kappa shape index (κ2) is 5.68. The van der Waals surface area contributed by atoms with Crippen molar-refractivity contribution in [2.24, 2.45) is 7.05 Å². The molecule has 1 aromatic rings. The molecule has 21 heavy (non-hydrogen) atoms. The maximum Gasteiger partial charge on any atom is 0.344 e. The number of hydrogen-bond donors (Lipinski definition) is 2. The molecule has 1 unspecified atom stereocenters. The molecule has 1 aliphatic rings. The van der Waals surface area contributed by atoms with Gasteiger partial charge in [0.25, 0.3) is 5.91 Å². The lowest BCUT2D eigenvalue weighted by Crippen LogP contribution is -2.49. The van der Waals surface area contributed by atoms with Crippen molar-refractivity contribution >= 4 is 29.6 Å². The minimum atomic E-state index is -0.981. The Hall–Kier alpha value is -2.17. The third kappa shape index (κ3) is 2.96. The van der Waals surface area contributed by atoms with Gasteiger partial charge in [-0.25, -0.2) is 9.48 Å². The summed E-state index contributed by atoms with van der Waals surface area (Å²) in [6, 6.07) is -0.636. The van der Waals surface area contributed by atoms with E-state index in [-0.39, 0.29) is 5.75 Å². The first-order valence-corrected chi connectivity index (χ1v) is 7.17. The van der Waals surface area contributed by atoms with Crippen LogP contribution in [0.3, 0.4) is 0 Å². The first-order valence-electron chi connectivity index (χ1n) is 6.18. The van der Waals surface area contributed by atoms with Crippen LogP contribution in [0.5, 0.6) is 0 Å². The molecule has 0 radical (unpaired) electrons. The third-order valence-electron chi connectivity index (χ3n) is 3.12. The van der Waals surface area contributed by atoms with Gasteiger partial charge in [-0.1, -0.05) is 18.7 Å². The molecule has 1 atom stereocenters. The van der Waals surface area contributed by atoms with E-state index in [1.165, 1.54) is 4.68 Å². The topological polar surface area (TPSA) is 122 Å². The summed E-state index contributed by atoms with van der Waals surface area (Å²) in [5, 5.41) is 14.5. The highest BCUT2D eigenvalue weighted by molar-refractivity contribution is 7.99. The van der Waals surface area contributed by atoms with Gasteiger partial charge in [0.1, 0.15) is 5.54 Å². The molecule has 0 aromatic carbocycles. The lowest BCUT2D eigenvalue weighted by atomic mass is 10.00. The zero-order valence-corrected chi connectivity index (χ0v) is 12.6. The number of imide groups is 1. The fraction of sp³-hybridized carbons (Fsp3) is 0.600. The molecule has 0 aliphatic carbocycles. The second-order valence-corrected chi connectivity index (χ2v) is 5.61. The lowest BCUT2D eigenvalue weighted by molar-refractivity contribution is -0.137. The van der Waals surface area contributed by atoms with Crippen LogP contribution in [-0.4, -0.2) is 54.4 Å². The van der Waals surface area contributed by atoms with E-state index in [9.17, 15) is 14.4 Å². The quantitative estimate of drug-likeness (QED) is 0.531. The van der Waals surface area contributed by atoms with Crippen molar-refractivity contribution in [1.29, 1.82) is 0 Å². The molecule has 1 fully saturated rings. The summed E-state index contributed by atoms with van der Waals surface area (Å²) in [6.07, 6.45) is 0.434. The van der Waals surface area contributed by atoms with Gasteiger partial charge in [-0.3, -0.25) is 15.0 Å². The predicted octanol–water partition coefficient (Wildman–Crippen LogP) is -0.946. The summed E-state index contributed by atoms with van der Waals surface area (Å²) in [4.78, 5) is 35.6. The van der Waals surface area contributed by atoms with Crippen molar-refractivity contribution in [3.8, 4) is 0 Å². The number of nitrogens with zero attached hydrogens (tertiary/aromatic N) is 5. The standard InChI is InChI=1S/C10H15N7O3S/c1-4-10(2)7(19)17(8(20)11-10)13-6(18)5-21-9-12-14-15-16(9)3/h4-5H2,1-3H3,(H,11,20)(H,13,18). The van der Waals surface area contributed by atoms with Crippen LogP contribution in [-0.2, 0) is 16.6 Å². The molecule has 4 amide bonds. The number of thioether (sulfide) groups is 1. The van der Waals surface area contributed by atoms with Gasteiger partial charge in [0.05, 0.1) is 5.75 Å². The summed E-state index contributed by atoms with van der Waals surface area (Å²) in [7, 11) is 1.64. The fourth-order valence-electron chi connectivity index (χ4n) is 1.66. The summed E-state index contributed by atoms with van der Waals surface area (Å²) in [5.74, 6) is -0.991. The Morgan fingerprint density at radius 1 is 1.48 bits per heavy atom.